The second-order valence-electron chi connectivity index (χ2n) is 7.66. The fraction of sp³-hybridized carbons (Fsp3) is 0.579. The zero-order valence-corrected chi connectivity index (χ0v) is 16.3. The molecular formula is C19H26N2O4S. The second kappa shape index (κ2) is 7.02. The number of carbonyl (C=O) groups excluding carboxylic acids is 2. The summed E-state index contributed by atoms with van der Waals surface area (Å²) in [6.07, 6.45) is 0.653. The molecule has 2 amide bonds. The molecule has 0 bridgehead atoms. The van der Waals surface area contributed by atoms with Crippen molar-refractivity contribution in [3.63, 3.8) is 0 Å². The number of amides is 2. The molecule has 2 heterocycles. The minimum absolute atomic E-state index is 0.0239. The molecule has 7 heteroatoms. The lowest BCUT2D eigenvalue weighted by atomic mass is 10.0. The van der Waals surface area contributed by atoms with Crippen molar-refractivity contribution in [2.75, 3.05) is 30.0 Å². The third-order valence-corrected chi connectivity index (χ3v) is 7.18. The molecule has 6 nitrogen and oxygen atoms in total. The van der Waals surface area contributed by atoms with Gasteiger partial charge in [-0.15, -0.1) is 0 Å². The van der Waals surface area contributed by atoms with E-state index in [-0.39, 0.29) is 35.8 Å². The Hall–Kier alpha value is -1.89. The number of sulfone groups is 1. The zero-order chi connectivity index (χ0) is 19.1. The van der Waals surface area contributed by atoms with Crippen molar-refractivity contribution in [3.05, 3.63) is 29.8 Å². The summed E-state index contributed by atoms with van der Waals surface area (Å²) in [7, 11) is -1.39. The lowest BCUT2D eigenvalue weighted by Gasteiger charge is -2.26. The monoisotopic (exact) mass is 378 g/mol. The zero-order valence-electron chi connectivity index (χ0n) is 15.5. The first-order valence-corrected chi connectivity index (χ1v) is 10.9. The molecule has 0 radical (unpaired) electrons. The molecule has 0 spiro atoms. The molecular weight excluding hydrogens is 352 g/mol. The third kappa shape index (κ3) is 3.77. The molecule has 142 valence electrons. The fourth-order valence-corrected chi connectivity index (χ4v) is 5.50. The number of anilines is 1. The molecule has 2 aliphatic heterocycles. The van der Waals surface area contributed by atoms with Crippen LogP contribution in [-0.2, 0) is 19.4 Å². The van der Waals surface area contributed by atoms with Crippen molar-refractivity contribution >= 4 is 27.3 Å². The SMILES string of the molecule is CC(C)c1cccc(N2C[C@H](C(=O)N(C)[C@H]3CCS(=O)(=O)C3)CC2=O)c1. The van der Waals surface area contributed by atoms with Crippen LogP contribution < -0.4 is 4.90 Å². The van der Waals surface area contributed by atoms with Gasteiger partial charge in [-0.1, -0.05) is 26.0 Å². The van der Waals surface area contributed by atoms with Crippen molar-refractivity contribution in [1.82, 2.24) is 4.90 Å². The van der Waals surface area contributed by atoms with Gasteiger partial charge in [0, 0.05) is 31.7 Å². The normalized spacial score (nSPS) is 25.1. The van der Waals surface area contributed by atoms with Crippen molar-refractivity contribution < 1.29 is 18.0 Å². The second-order valence-corrected chi connectivity index (χ2v) is 9.89. The number of benzene rings is 1. The first-order chi connectivity index (χ1) is 12.2. The van der Waals surface area contributed by atoms with Crippen molar-refractivity contribution in [1.29, 1.82) is 0 Å². The van der Waals surface area contributed by atoms with Crippen LogP contribution in [0.4, 0.5) is 5.69 Å². The van der Waals surface area contributed by atoms with Crippen LogP contribution in [0, 0.1) is 5.92 Å². The van der Waals surface area contributed by atoms with Gasteiger partial charge in [0.1, 0.15) is 0 Å². The van der Waals surface area contributed by atoms with E-state index < -0.39 is 15.8 Å². The van der Waals surface area contributed by atoms with Crippen LogP contribution in [0.5, 0.6) is 0 Å². The van der Waals surface area contributed by atoms with E-state index in [4.69, 9.17) is 0 Å². The van der Waals surface area contributed by atoms with Crippen LogP contribution in [0.15, 0.2) is 24.3 Å². The standard InChI is InChI=1S/C19H26N2O4S/c1-13(2)14-5-4-6-16(9-14)21-11-15(10-18(21)22)19(23)20(3)17-7-8-26(24,25)12-17/h4-6,9,13,15,17H,7-8,10-12H2,1-3H3/t15-,17+/m1/s1. The van der Waals surface area contributed by atoms with E-state index in [0.29, 0.717) is 18.9 Å². The number of hydrogen-bond acceptors (Lipinski definition) is 4. The Kier molecular flexibility index (Phi) is 5.10. The highest BCUT2D eigenvalue weighted by Crippen LogP contribution is 2.29. The van der Waals surface area contributed by atoms with E-state index in [9.17, 15) is 18.0 Å². The van der Waals surface area contributed by atoms with E-state index in [1.54, 1.807) is 11.9 Å². The van der Waals surface area contributed by atoms with Gasteiger partial charge in [-0.2, -0.15) is 0 Å². The summed E-state index contributed by atoms with van der Waals surface area (Å²) in [5, 5.41) is 0. The molecule has 2 atom stereocenters. The predicted octanol–water partition coefficient (Wildman–Crippen LogP) is 1.81. The minimum atomic E-state index is -3.05. The van der Waals surface area contributed by atoms with E-state index in [1.807, 2.05) is 24.3 Å². The van der Waals surface area contributed by atoms with Gasteiger partial charge in [0.05, 0.1) is 17.4 Å². The van der Waals surface area contributed by atoms with Gasteiger partial charge in [-0.25, -0.2) is 8.42 Å². The van der Waals surface area contributed by atoms with Crippen molar-refractivity contribution in [2.45, 2.75) is 38.6 Å². The molecule has 3 rings (SSSR count). The van der Waals surface area contributed by atoms with E-state index >= 15 is 0 Å². The molecule has 2 aliphatic rings. The molecule has 0 unspecified atom stereocenters. The largest absolute Gasteiger partial charge is 0.341 e. The molecule has 26 heavy (non-hydrogen) atoms. The highest BCUT2D eigenvalue weighted by Gasteiger charge is 2.40. The van der Waals surface area contributed by atoms with Gasteiger partial charge in [-0.05, 0) is 30.0 Å². The Labute approximate surface area is 155 Å². The maximum Gasteiger partial charge on any atom is 0.228 e. The molecule has 1 aromatic rings. The third-order valence-electron chi connectivity index (χ3n) is 5.43. The van der Waals surface area contributed by atoms with Crippen LogP contribution in [0.1, 0.15) is 38.2 Å². The number of rotatable bonds is 4. The summed E-state index contributed by atoms with van der Waals surface area (Å²) in [6, 6.07) is 7.59. The molecule has 2 fully saturated rings. The summed E-state index contributed by atoms with van der Waals surface area (Å²) >= 11 is 0. The van der Waals surface area contributed by atoms with Crippen molar-refractivity contribution in [3.8, 4) is 0 Å². The van der Waals surface area contributed by atoms with Gasteiger partial charge in [-0.3, -0.25) is 9.59 Å². The molecule has 2 saturated heterocycles. The van der Waals surface area contributed by atoms with Gasteiger partial charge < -0.3 is 9.80 Å². The molecule has 0 saturated carbocycles. The fourth-order valence-electron chi connectivity index (χ4n) is 3.72. The van der Waals surface area contributed by atoms with Crippen LogP contribution in [0.2, 0.25) is 0 Å². The lowest BCUT2D eigenvalue weighted by molar-refractivity contribution is -0.136. The Balaban J connectivity index is 1.71. The average Bonchev–Trinajstić information content (AvgIpc) is 3.16. The molecule has 1 aromatic carbocycles. The maximum atomic E-state index is 12.8. The highest BCUT2D eigenvalue weighted by molar-refractivity contribution is 7.91. The van der Waals surface area contributed by atoms with Gasteiger partial charge >= 0.3 is 0 Å². The van der Waals surface area contributed by atoms with Gasteiger partial charge in [0.25, 0.3) is 0 Å². The summed E-state index contributed by atoms with van der Waals surface area (Å²) in [6.45, 7) is 4.55. The Morgan fingerprint density at radius 1 is 1.31 bits per heavy atom. The molecule has 0 aliphatic carbocycles. The number of hydrogen-bond donors (Lipinski definition) is 0. The number of carbonyl (C=O) groups is 2. The predicted molar refractivity (Wildman–Crippen MR) is 101 cm³/mol. The molecule has 0 N–H and O–H groups in total. The van der Waals surface area contributed by atoms with Crippen LogP contribution in [0.25, 0.3) is 0 Å². The topological polar surface area (TPSA) is 74.8 Å². The smallest absolute Gasteiger partial charge is 0.228 e. The quantitative estimate of drug-likeness (QED) is 0.801. The highest BCUT2D eigenvalue weighted by atomic mass is 32.2. The summed E-state index contributed by atoms with van der Waals surface area (Å²) in [5.41, 5.74) is 1.97. The Morgan fingerprint density at radius 3 is 2.65 bits per heavy atom. The van der Waals surface area contributed by atoms with Gasteiger partial charge in [0.15, 0.2) is 9.84 Å². The van der Waals surface area contributed by atoms with E-state index in [2.05, 4.69) is 13.8 Å². The Morgan fingerprint density at radius 2 is 2.04 bits per heavy atom. The maximum absolute atomic E-state index is 12.8. The molecule has 0 aromatic heterocycles. The Bertz CT molecular complexity index is 819. The van der Waals surface area contributed by atoms with Crippen LogP contribution >= 0.6 is 0 Å². The van der Waals surface area contributed by atoms with Crippen LogP contribution in [-0.4, -0.2) is 56.3 Å². The first-order valence-electron chi connectivity index (χ1n) is 9.05. The van der Waals surface area contributed by atoms with Crippen LogP contribution in [0.3, 0.4) is 0 Å². The van der Waals surface area contributed by atoms with Gasteiger partial charge in [0.2, 0.25) is 11.8 Å². The van der Waals surface area contributed by atoms with E-state index in [1.165, 1.54) is 4.90 Å². The summed E-state index contributed by atoms with van der Waals surface area (Å²) < 4.78 is 23.3. The van der Waals surface area contributed by atoms with Crippen molar-refractivity contribution in [2.24, 2.45) is 5.92 Å². The summed E-state index contributed by atoms with van der Waals surface area (Å²) in [5.74, 6) is -0.0954. The summed E-state index contributed by atoms with van der Waals surface area (Å²) in [4.78, 5) is 28.5. The number of nitrogens with zero attached hydrogens (tertiary/aromatic N) is 2. The minimum Gasteiger partial charge on any atom is -0.341 e. The van der Waals surface area contributed by atoms with E-state index in [0.717, 1.165) is 11.3 Å². The lowest BCUT2D eigenvalue weighted by Crippen LogP contribution is -2.42. The average molecular weight is 378 g/mol. The first kappa shape index (κ1) is 18.9.